The van der Waals surface area contributed by atoms with Crippen LogP contribution in [0.3, 0.4) is 0 Å². The van der Waals surface area contributed by atoms with Crippen molar-refractivity contribution in [1.29, 1.82) is 0 Å². The second-order valence-electron chi connectivity index (χ2n) is 3.86. The summed E-state index contributed by atoms with van der Waals surface area (Å²) in [7, 11) is 1.65. The molecule has 0 saturated heterocycles. The Morgan fingerprint density at radius 3 is 2.68 bits per heavy atom. The summed E-state index contributed by atoms with van der Waals surface area (Å²) in [4.78, 5) is 3.99. The first-order valence-corrected chi connectivity index (χ1v) is 5.85. The standard InChI is InChI=1S/C12H17F3N2O2/c1-3-19-10-4-9(5-17-6-10)11(16-2)7-18-8-12(13,14)15/h4-6,11,16H,3,7-8H2,1-2H3. The van der Waals surface area contributed by atoms with Gasteiger partial charge in [0.15, 0.2) is 0 Å². The summed E-state index contributed by atoms with van der Waals surface area (Å²) in [5, 5.41) is 2.89. The Hall–Kier alpha value is -1.34. The van der Waals surface area contributed by atoms with Gasteiger partial charge in [0.1, 0.15) is 12.4 Å². The Morgan fingerprint density at radius 1 is 1.37 bits per heavy atom. The Labute approximate surface area is 109 Å². The number of aromatic nitrogens is 1. The Kier molecular flexibility index (Phi) is 6.04. The van der Waals surface area contributed by atoms with E-state index in [-0.39, 0.29) is 12.6 Å². The van der Waals surface area contributed by atoms with Crippen LogP contribution in [0.1, 0.15) is 18.5 Å². The number of nitrogens with one attached hydrogen (secondary N) is 1. The molecule has 0 radical (unpaired) electrons. The number of ether oxygens (including phenoxy) is 2. The SMILES string of the molecule is CCOc1cncc(C(COCC(F)(F)F)NC)c1. The summed E-state index contributed by atoms with van der Waals surface area (Å²) in [6.45, 7) is 0.992. The van der Waals surface area contributed by atoms with Gasteiger partial charge in [-0.2, -0.15) is 13.2 Å². The predicted octanol–water partition coefficient (Wildman–Crippen LogP) is 2.32. The molecule has 1 rings (SSSR count). The van der Waals surface area contributed by atoms with E-state index in [0.29, 0.717) is 12.4 Å². The summed E-state index contributed by atoms with van der Waals surface area (Å²) in [6, 6.07) is 1.37. The molecule has 0 fully saturated rings. The fourth-order valence-corrected chi connectivity index (χ4v) is 1.51. The van der Waals surface area contributed by atoms with Crippen LogP contribution in [0.4, 0.5) is 13.2 Å². The summed E-state index contributed by atoms with van der Waals surface area (Å²) >= 11 is 0. The second-order valence-corrected chi connectivity index (χ2v) is 3.86. The van der Waals surface area contributed by atoms with Crippen LogP contribution in [0, 0.1) is 0 Å². The minimum absolute atomic E-state index is 0.0900. The maximum Gasteiger partial charge on any atom is 0.411 e. The van der Waals surface area contributed by atoms with Gasteiger partial charge in [0.05, 0.1) is 25.5 Å². The molecule has 1 aromatic heterocycles. The van der Waals surface area contributed by atoms with Gasteiger partial charge in [0.25, 0.3) is 0 Å². The van der Waals surface area contributed by atoms with Crippen LogP contribution in [0.15, 0.2) is 18.5 Å². The van der Waals surface area contributed by atoms with Crippen LogP contribution in [0.5, 0.6) is 5.75 Å². The van der Waals surface area contributed by atoms with Crippen molar-refractivity contribution in [3.8, 4) is 5.75 Å². The monoisotopic (exact) mass is 278 g/mol. The van der Waals surface area contributed by atoms with E-state index < -0.39 is 12.8 Å². The Balaban J connectivity index is 2.61. The highest BCUT2D eigenvalue weighted by Gasteiger charge is 2.28. The summed E-state index contributed by atoms with van der Waals surface area (Å²) in [6.07, 6.45) is -1.19. The maximum absolute atomic E-state index is 12.0. The molecule has 0 spiro atoms. The van der Waals surface area contributed by atoms with Gasteiger partial charge in [-0.15, -0.1) is 0 Å². The molecule has 1 heterocycles. The molecule has 4 nitrogen and oxygen atoms in total. The van der Waals surface area contributed by atoms with Crippen LogP contribution in [-0.4, -0.2) is 38.0 Å². The first-order valence-electron chi connectivity index (χ1n) is 5.85. The largest absolute Gasteiger partial charge is 0.492 e. The van der Waals surface area contributed by atoms with Gasteiger partial charge in [-0.25, -0.2) is 0 Å². The third kappa shape index (κ3) is 5.89. The van der Waals surface area contributed by atoms with Crippen molar-refractivity contribution in [2.24, 2.45) is 0 Å². The van der Waals surface area contributed by atoms with Crippen molar-refractivity contribution >= 4 is 0 Å². The zero-order chi connectivity index (χ0) is 14.3. The van der Waals surface area contributed by atoms with Gasteiger partial charge in [0, 0.05) is 6.20 Å². The lowest BCUT2D eigenvalue weighted by molar-refractivity contribution is -0.175. The van der Waals surface area contributed by atoms with E-state index in [2.05, 4.69) is 15.0 Å². The normalized spacial score (nSPS) is 13.3. The maximum atomic E-state index is 12.0. The average Bonchev–Trinajstić information content (AvgIpc) is 2.34. The van der Waals surface area contributed by atoms with Gasteiger partial charge in [-0.1, -0.05) is 0 Å². The van der Waals surface area contributed by atoms with E-state index in [1.807, 2.05) is 6.92 Å². The van der Waals surface area contributed by atoms with Gasteiger partial charge in [-0.3, -0.25) is 4.98 Å². The third-order valence-electron chi connectivity index (χ3n) is 2.35. The van der Waals surface area contributed by atoms with Gasteiger partial charge in [-0.05, 0) is 25.6 Å². The van der Waals surface area contributed by atoms with Crippen LogP contribution >= 0.6 is 0 Å². The van der Waals surface area contributed by atoms with Crippen molar-refractivity contribution in [2.45, 2.75) is 19.1 Å². The number of hydrogen-bond donors (Lipinski definition) is 1. The van der Waals surface area contributed by atoms with Gasteiger partial charge >= 0.3 is 6.18 Å². The fourth-order valence-electron chi connectivity index (χ4n) is 1.51. The summed E-state index contributed by atoms with van der Waals surface area (Å²) in [5.41, 5.74) is 0.718. The van der Waals surface area contributed by atoms with E-state index in [1.54, 1.807) is 25.5 Å². The number of hydrogen-bond acceptors (Lipinski definition) is 4. The minimum atomic E-state index is -4.32. The molecule has 7 heteroatoms. The van der Waals surface area contributed by atoms with Crippen molar-refractivity contribution in [3.63, 3.8) is 0 Å². The predicted molar refractivity (Wildman–Crippen MR) is 64.1 cm³/mol. The number of pyridine rings is 1. The van der Waals surface area contributed by atoms with Crippen molar-refractivity contribution < 1.29 is 22.6 Å². The molecular formula is C12H17F3N2O2. The van der Waals surface area contributed by atoms with Crippen LogP contribution in [0.25, 0.3) is 0 Å². The van der Waals surface area contributed by atoms with Crippen LogP contribution in [0.2, 0.25) is 0 Å². The van der Waals surface area contributed by atoms with Crippen LogP contribution < -0.4 is 10.1 Å². The molecule has 19 heavy (non-hydrogen) atoms. The fraction of sp³-hybridized carbons (Fsp3) is 0.583. The molecule has 1 N–H and O–H groups in total. The molecule has 0 aliphatic rings. The van der Waals surface area contributed by atoms with E-state index in [1.165, 1.54) is 0 Å². The van der Waals surface area contributed by atoms with Crippen molar-refractivity contribution in [2.75, 3.05) is 26.9 Å². The van der Waals surface area contributed by atoms with Crippen molar-refractivity contribution in [1.82, 2.24) is 10.3 Å². The minimum Gasteiger partial charge on any atom is -0.492 e. The van der Waals surface area contributed by atoms with Gasteiger partial charge < -0.3 is 14.8 Å². The third-order valence-corrected chi connectivity index (χ3v) is 2.35. The molecule has 1 aromatic rings. The van der Waals surface area contributed by atoms with E-state index >= 15 is 0 Å². The molecule has 1 unspecified atom stereocenters. The molecule has 108 valence electrons. The average molecular weight is 278 g/mol. The summed E-state index contributed by atoms with van der Waals surface area (Å²) in [5.74, 6) is 0.580. The number of rotatable bonds is 7. The van der Waals surface area contributed by atoms with E-state index in [9.17, 15) is 13.2 Å². The Morgan fingerprint density at radius 2 is 2.11 bits per heavy atom. The highest BCUT2D eigenvalue weighted by Crippen LogP contribution is 2.20. The molecule has 0 amide bonds. The lowest BCUT2D eigenvalue weighted by Crippen LogP contribution is -2.25. The number of likely N-dealkylation sites (N-methyl/N-ethyl adjacent to an activating group) is 1. The summed E-state index contributed by atoms with van der Waals surface area (Å²) < 4.78 is 45.9. The highest BCUT2D eigenvalue weighted by atomic mass is 19.4. The zero-order valence-corrected chi connectivity index (χ0v) is 10.8. The quantitative estimate of drug-likeness (QED) is 0.831. The molecule has 0 aliphatic heterocycles. The number of alkyl halides is 3. The van der Waals surface area contributed by atoms with Crippen LogP contribution in [-0.2, 0) is 4.74 Å². The Bertz CT molecular complexity index is 385. The molecule has 0 aliphatic carbocycles. The van der Waals surface area contributed by atoms with Crippen molar-refractivity contribution in [3.05, 3.63) is 24.0 Å². The van der Waals surface area contributed by atoms with E-state index in [4.69, 9.17) is 4.74 Å². The van der Waals surface area contributed by atoms with Gasteiger partial charge in [0.2, 0.25) is 0 Å². The first kappa shape index (κ1) is 15.7. The second kappa shape index (κ2) is 7.30. The lowest BCUT2D eigenvalue weighted by Gasteiger charge is -2.17. The smallest absolute Gasteiger partial charge is 0.411 e. The zero-order valence-electron chi connectivity index (χ0n) is 10.8. The molecular weight excluding hydrogens is 261 g/mol. The van der Waals surface area contributed by atoms with E-state index in [0.717, 1.165) is 5.56 Å². The molecule has 1 atom stereocenters. The number of nitrogens with zero attached hydrogens (tertiary/aromatic N) is 1. The topological polar surface area (TPSA) is 43.4 Å². The molecule has 0 bridgehead atoms. The molecule has 0 saturated carbocycles. The lowest BCUT2D eigenvalue weighted by atomic mass is 10.1. The first-order chi connectivity index (χ1) is 8.96. The highest BCUT2D eigenvalue weighted by molar-refractivity contribution is 5.26. The molecule has 0 aromatic carbocycles. The number of halogens is 3.